The maximum atomic E-state index is 14.2. The average Bonchev–Trinajstić information content (AvgIpc) is 3.51. The van der Waals surface area contributed by atoms with Crippen LogP contribution in [0.3, 0.4) is 0 Å². The van der Waals surface area contributed by atoms with Gasteiger partial charge in [0, 0.05) is 21.7 Å². The van der Waals surface area contributed by atoms with Crippen molar-refractivity contribution in [3.05, 3.63) is 105 Å². The third kappa shape index (κ3) is 4.40. The fraction of sp³-hybridized carbons (Fsp3) is 0.267. The van der Waals surface area contributed by atoms with Gasteiger partial charge in [-0.25, -0.2) is 9.59 Å². The number of urea groups is 1. The molecule has 0 radical (unpaired) electrons. The maximum absolute atomic E-state index is 14.2. The number of anilines is 1. The van der Waals surface area contributed by atoms with Gasteiger partial charge in [0.15, 0.2) is 0 Å². The SMILES string of the molecule is CCOC(=O)c1ccccc1NC(=O)N1Cc2c(sc3c2CCCC3)-n2cccc2C1c1cccc(Cl)c1. The van der Waals surface area contributed by atoms with Gasteiger partial charge in [0.2, 0.25) is 0 Å². The highest BCUT2D eigenvalue weighted by Crippen LogP contribution is 2.44. The van der Waals surface area contributed by atoms with Crippen LogP contribution in [0, 0.1) is 0 Å². The highest BCUT2D eigenvalue weighted by Gasteiger charge is 2.36. The summed E-state index contributed by atoms with van der Waals surface area (Å²) < 4.78 is 7.47. The average molecular weight is 546 g/mol. The number of carbonyl (C=O) groups is 2. The number of ether oxygens (including phenoxy) is 1. The van der Waals surface area contributed by atoms with Crippen molar-refractivity contribution in [3.63, 3.8) is 0 Å². The van der Waals surface area contributed by atoms with E-state index in [-0.39, 0.29) is 18.7 Å². The largest absolute Gasteiger partial charge is 0.462 e. The molecule has 0 spiro atoms. The Balaban J connectivity index is 1.47. The standard InChI is InChI=1S/C30H28ClN3O3S/c1-2-37-29(35)22-12-3-5-13-24(22)32-30(36)34-18-23-21-11-4-6-15-26(21)38-28(23)33-16-8-14-25(33)27(34)19-9-7-10-20(31)17-19/h3,5,7-10,12-14,16-17,27H,2,4,6,11,15,18H2,1H3,(H,32,36). The molecular formula is C30H28ClN3O3S. The zero-order valence-corrected chi connectivity index (χ0v) is 22.6. The van der Waals surface area contributed by atoms with Crippen LogP contribution >= 0.6 is 22.9 Å². The summed E-state index contributed by atoms with van der Waals surface area (Å²) in [6, 6.07) is 18.1. The second-order valence-electron chi connectivity index (χ2n) is 9.58. The van der Waals surface area contributed by atoms with E-state index < -0.39 is 5.97 Å². The molecule has 2 aliphatic rings. The fourth-order valence-corrected chi connectivity index (χ4v) is 7.18. The Morgan fingerprint density at radius 2 is 1.89 bits per heavy atom. The van der Waals surface area contributed by atoms with Crippen LogP contribution in [0.1, 0.15) is 63.4 Å². The number of aryl methyl sites for hydroxylation is 1. The predicted octanol–water partition coefficient (Wildman–Crippen LogP) is 7.38. The first kappa shape index (κ1) is 24.8. The summed E-state index contributed by atoms with van der Waals surface area (Å²) in [6.07, 6.45) is 6.56. The van der Waals surface area contributed by atoms with E-state index in [1.165, 1.54) is 27.4 Å². The molecule has 38 heavy (non-hydrogen) atoms. The first-order valence-electron chi connectivity index (χ1n) is 13.0. The number of esters is 1. The van der Waals surface area contributed by atoms with Crippen molar-refractivity contribution in [2.24, 2.45) is 0 Å². The molecular weight excluding hydrogens is 518 g/mol. The van der Waals surface area contributed by atoms with Crippen molar-refractivity contribution < 1.29 is 14.3 Å². The van der Waals surface area contributed by atoms with Crippen LogP contribution in [0.2, 0.25) is 5.02 Å². The molecule has 2 amide bonds. The number of carbonyl (C=O) groups excluding carboxylic acids is 2. The molecule has 1 atom stereocenters. The van der Waals surface area contributed by atoms with Crippen LogP contribution < -0.4 is 5.32 Å². The van der Waals surface area contributed by atoms with Crippen molar-refractivity contribution in [1.82, 2.24) is 9.47 Å². The van der Waals surface area contributed by atoms with E-state index in [0.29, 0.717) is 22.8 Å². The number of hydrogen-bond acceptors (Lipinski definition) is 4. The summed E-state index contributed by atoms with van der Waals surface area (Å²) in [6.45, 7) is 2.47. The molecule has 0 fully saturated rings. The number of para-hydroxylation sites is 1. The molecule has 1 N–H and O–H groups in total. The first-order chi connectivity index (χ1) is 18.5. The monoisotopic (exact) mass is 545 g/mol. The van der Waals surface area contributed by atoms with E-state index in [4.69, 9.17) is 16.3 Å². The van der Waals surface area contributed by atoms with Crippen LogP contribution in [0.15, 0.2) is 66.9 Å². The van der Waals surface area contributed by atoms with Crippen molar-refractivity contribution in [1.29, 1.82) is 0 Å². The molecule has 1 unspecified atom stereocenters. The maximum Gasteiger partial charge on any atom is 0.340 e. The molecule has 2 aromatic carbocycles. The number of hydrogen-bond donors (Lipinski definition) is 1. The number of rotatable bonds is 4. The normalized spacial score (nSPS) is 16.2. The number of fused-ring (bicyclic) bond motifs is 5. The number of thiophene rings is 1. The zero-order valence-electron chi connectivity index (χ0n) is 21.1. The van der Waals surface area contributed by atoms with Gasteiger partial charge in [0.1, 0.15) is 5.00 Å². The van der Waals surface area contributed by atoms with Crippen molar-refractivity contribution in [2.75, 3.05) is 11.9 Å². The molecule has 0 saturated heterocycles. The summed E-state index contributed by atoms with van der Waals surface area (Å²) in [5.74, 6) is -0.464. The summed E-state index contributed by atoms with van der Waals surface area (Å²) >= 11 is 8.28. The minimum Gasteiger partial charge on any atom is -0.462 e. The van der Waals surface area contributed by atoms with E-state index in [1.54, 1.807) is 31.2 Å². The van der Waals surface area contributed by atoms with Crippen molar-refractivity contribution >= 4 is 40.6 Å². The molecule has 0 saturated carbocycles. The molecule has 1 aliphatic carbocycles. The van der Waals surface area contributed by atoms with Crippen LogP contribution in [0.5, 0.6) is 0 Å². The third-order valence-electron chi connectivity index (χ3n) is 7.27. The molecule has 6 nitrogen and oxygen atoms in total. The topological polar surface area (TPSA) is 63.6 Å². The van der Waals surface area contributed by atoms with Gasteiger partial charge in [0.25, 0.3) is 0 Å². The van der Waals surface area contributed by atoms with Gasteiger partial charge in [-0.05, 0) is 80.1 Å². The number of nitrogens with zero attached hydrogens (tertiary/aromatic N) is 2. The molecule has 8 heteroatoms. The highest BCUT2D eigenvalue weighted by molar-refractivity contribution is 7.15. The number of halogens is 1. The summed E-state index contributed by atoms with van der Waals surface area (Å²) in [4.78, 5) is 30.1. The molecule has 6 rings (SSSR count). The summed E-state index contributed by atoms with van der Waals surface area (Å²) in [5.41, 5.74) is 5.27. The van der Waals surface area contributed by atoms with E-state index in [1.807, 2.05) is 46.6 Å². The Morgan fingerprint density at radius 1 is 1.05 bits per heavy atom. The Labute approximate surface area is 230 Å². The van der Waals surface area contributed by atoms with Gasteiger partial charge >= 0.3 is 12.0 Å². The summed E-state index contributed by atoms with van der Waals surface area (Å²) in [7, 11) is 0. The van der Waals surface area contributed by atoms with Gasteiger partial charge in [-0.2, -0.15) is 0 Å². The zero-order chi connectivity index (χ0) is 26.2. The van der Waals surface area contributed by atoms with Gasteiger partial charge in [0.05, 0.1) is 36.1 Å². The van der Waals surface area contributed by atoms with Gasteiger partial charge in [-0.1, -0.05) is 35.9 Å². The lowest BCUT2D eigenvalue weighted by Gasteiger charge is -2.31. The second kappa shape index (κ2) is 10.3. The van der Waals surface area contributed by atoms with Gasteiger partial charge in [-0.3, -0.25) is 0 Å². The van der Waals surface area contributed by atoms with Crippen LogP contribution in [0.25, 0.3) is 5.00 Å². The van der Waals surface area contributed by atoms with Crippen LogP contribution in [-0.2, 0) is 24.1 Å². The van der Waals surface area contributed by atoms with E-state index in [2.05, 4.69) is 22.1 Å². The number of nitrogens with one attached hydrogen (secondary N) is 1. The Hall–Kier alpha value is -3.55. The number of amides is 2. The van der Waals surface area contributed by atoms with Crippen molar-refractivity contribution in [2.45, 2.75) is 45.2 Å². The predicted molar refractivity (Wildman–Crippen MR) is 151 cm³/mol. The van der Waals surface area contributed by atoms with Crippen LogP contribution in [0.4, 0.5) is 10.5 Å². The van der Waals surface area contributed by atoms with E-state index in [0.717, 1.165) is 30.5 Å². The lowest BCUT2D eigenvalue weighted by Crippen LogP contribution is -2.38. The minimum absolute atomic E-state index is 0.257. The Kier molecular flexibility index (Phi) is 6.72. The smallest absolute Gasteiger partial charge is 0.340 e. The first-order valence-corrected chi connectivity index (χ1v) is 14.1. The quantitative estimate of drug-likeness (QED) is 0.272. The molecule has 4 aromatic rings. The van der Waals surface area contributed by atoms with E-state index >= 15 is 0 Å². The highest BCUT2D eigenvalue weighted by atomic mass is 35.5. The lowest BCUT2D eigenvalue weighted by atomic mass is 9.95. The molecule has 3 heterocycles. The molecule has 0 bridgehead atoms. The Bertz CT molecular complexity index is 1520. The minimum atomic E-state index is -0.464. The molecule has 194 valence electrons. The molecule has 2 aromatic heterocycles. The van der Waals surface area contributed by atoms with Crippen molar-refractivity contribution in [3.8, 4) is 5.00 Å². The van der Waals surface area contributed by atoms with Gasteiger partial charge in [-0.15, -0.1) is 11.3 Å². The number of benzene rings is 2. The van der Waals surface area contributed by atoms with Crippen LogP contribution in [-0.4, -0.2) is 28.1 Å². The molecule has 1 aliphatic heterocycles. The Morgan fingerprint density at radius 3 is 2.74 bits per heavy atom. The lowest BCUT2D eigenvalue weighted by molar-refractivity contribution is 0.0527. The van der Waals surface area contributed by atoms with E-state index in [9.17, 15) is 9.59 Å². The summed E-state index contributed by atoms with van der Waals surface area (Å²) in [5, 5.41) is 4.84. The second-order valence-corrected chi connectivity index (χ2v) is 11.1. The number of aromatic nitrogens is 1. The third-order valence-corrected chi connectivity index (χ3v) is 8.84. The fourth-order valence-electron chi connectivity index (χ4n) is 5.58. The van der Waals surface area contributed by atoms with Gasteiger partial charge < -0.3 is 19.5 Å².